The SMILES string of the molecule is Cc1ccccc1CN1CCN(C(=O)CCCc2nc(-c3ccccc3)no2)CC1. The van der Waals surface area contributed by atoms with Gasteiger partial charge in [0.1, 0.15) is 0 Å². The minimum Gasteiger partial charge on any atom is -0.340 e. The number of carbonyl (C=O) groups excluding carboxylic acids is 1. The molecule has 6 heteroatoms. The molecular weight excluding hydrogens is 376 g/mol. The first-order valence-electron chi connectivity index (χ1n) is 10.6. The van der Waals surface area contributed by atoms with Crippen LogP contribution in [-0.2, 0) is 17.8 Å². The maximum absolute atomic E-state index is 12.6. The van der Waals surface area contributed by atoms with Gasteiger partial charge >= 0.3 is 0 Å². The van der Waals surface area contributed by atoms with Crippen molar-refractivity contribution in [2.45, 2.75) is 32.7 Å². The summed E-state index contributed by atoms with van der Waals surface area (Å²) in [5.74, 6) is 1.40. The van der Waals surface area contributed by atoms with E-state index in [1.165, 1.54) is 11.1 Å². The van der Waals surface area contributed by atoms with E-state index in [2.05, 4.69) is 46.2 Å². The highest BCUT2D eigenvalue weighted by molar-refractivity contribution is 5.76. The van der Waals surface area contributed by atoms with E-state index >= 15 is 0 Å². The molecule has 0 atom stereocenters. The lowest BCUT2D eigenvalue weighted by atomic mass is 10.1. The summed E-state index contributed by atoms with van der Waals surface area (Å²) in [5, 5.41) is 4.04. The van der Waals surface area contributed by atoms with Crippen molar-refractivity contribution < 1.29 is 9.32 Å². The molecule has 1 amide bonds. The molecule has 156 valence electrons. The normalized spacial score (nSPS) is 14.8. The van der Waals surface area contributed by atoms with Crippen LogP contribution >= 0.6 is 0 Å². The van der Waals surface area contributed by atoms with Gasteiger partial charge in [-0.05, 0) is 24.5 Å². The second-order valence-electron chi connectivity index (χ2n) is 7.81. The molecule has 0 unspecified atom stereocenters. The average molecular weight is 405 g/mol. The molecule has 2 aromatic carbocycles. The first kappa shape index (κ1) is 20.3. The Balaban J connectivity index is 1.19. The first-order valence-corrected chi connectivity index (χ1v) is 10.6. The lowest BCUT2D eigenvalue weighted by molar-refractivity contribution is -0.133. The predicted molar refractivity (Wildman–Crippen MR) is 116 cm³/mol. The third-order valence-electron chi connectivity index (χ3n) is 5.66. The standard InChI is InChI=1S/C24H28N4O2/c1-19-8-5-6-11-21(19)18-27-14-16-28(17-15-27)23(29)13-7-12-22-25-24(26-30-22)20-9-3-2-4-10-20/h2-6,8-11H,7,12-18H2,1H3. The van der Waals surface area contributed by atoms with Gasteiger partial charge in [-0.1, -0.05) is 59.8 Å². The van der Waals surface area contributed by atoms with Crippen molar-refractivity contribution >= 4 is 5.91 Å². The molecule has 0 saturated carbocycles. The van der Waals surface area contributed by atoms with Gasteiger partial charge in [-0.2, -0.15) is 4.98 Å². The summed E-state index contributed by atoms with van der Waals surface area (Å²) < 4.78 is 5.33. The third-order valence-corrected chi connectivity index (χ3v) is 5.66. The van der Waals surface area contributed by atoms with E-state index in [9.17, 15) is 4.79 Å². The number of amides is 1. The maximum atomic E-state index is 12.6. The van der Waals surface area contributed by atoms with Crippen LogP contribution < -0.4 is 0 Å². The molecule has 1 saturated heterocycles. The third kappa shape index (κ3) is 5.13. The Bertz CT molecular complexity index is 962. The lowest BCUT2D eigenvalue weighted by Crippen LogP contribution is -2.48. The molecule has 0 bridgehead atoms. The summed E-state index contributed by atoms with van der Waals surface area (Å²) in [7, 11) is 0. The molecule has 0 aliphatic carbocycles. The summed E-state index contributed by atoms with van der Waals surface area (Å²) in [4.78, 5) is 21.4. The quantitative estimate of drug-likeness (QED) is 0.601. The van der Waals surface area contributed by atoms with Gasteiger partial charge in [0.2, 0.25) is 17.6 Å². The number of aromatic nitrogens is 2. The summed E-state index contributed by atoms with van der Waals surface area (Å²) in [6, 6.07) is 18.3. The zero-order chi connectivity index (χ0) is 20.8. The number of benzene rings is 2. The number of nitrogens with zero attached hydrogens (tertiary/aromatic N) is 4. The molecule has 1 aliphatic rings. The fourth-order valence-corrected chi connectivity index (χ4v) is 3.79. The van der Waals surface area contributed by atoms with Crippen LogP contribution in [0.4, 0.5) is 0 Å². The molecule has 6 nitrogen and oxygen atoms in total. The smallest absolute Gasteiger partial charge is 0.226 e. The van der Waals surface area contributed by atoms with Crippen LogP contribution in [-0.4, -0.2) is 52.0 Å². The Morgan fingerprint density at radius 3 is 2.50 bits per heavy atom. The highest BCUT2D eigenvalue weighted by atomic mass is 16.5. The van der Waals surface area contributed by atoms with Gasteiger partial charge in [-0.3, -0.25) is 9.69 Å². The number of aryl methyl sites for hydroxylation is 2. The zero-order valence-electron chi connectivity index (χ0n) is 17.5. The molecule has 0 N–H and O–H groups in total. The summed E-state index contributed by atoms with van der Waals surface area (Å²) in [6.07, 6.45) is 1.86. The minimum atomic E-state index is 0.216. The number of hydrogen-bond acceptors (Lipinski definition) is 5. The number of piperazine rings is 1. The van der Waals surface area contributed by atoms with E-state index in [1.807, 2.05) is 35.2 Å². The molecule has 4 rings (SSSR count). The van der Waals surface area contributed by atoms with Gasteiger partial charge in [0.25, 0.3) is 0 Å². The van der Waals surface area contributed by atoms with Crippen LogP contribution in [0.15, 0.2) is 59.1 Å². The Hall–Kier alpha value is -2.99. The van der Waals surface area contributed by atoms with E-state index in [0.717, 1.165) is 44.7 Å². The van der Waals surface area contributed by atoms with Crippen LogP contribution in [0.1, 0.15) is 29.9 Å². The molecule has 30 heavy (non-hydrogen) atoms. The van der Waals surface area contributed by atoms with Crippen molar-refractivity contribution in [3.05, 3.63) is 71.6 Å². The average Bonchev–Trinajstić information content (AvgIpc) is 3.25. The Kier molecular flexibility index (Phi) is 6.54. The van der Waals surface area contributed by atoms with E-state index in [0.29, 0.717) is 24.6 Å². The van der Waals surface area contributed by atoms with E-state index in [-0.39, 0.29) is 5.91 Å². The van der Waals surface area contributed by atoms with Gasteiger partial charge in [0.15, 0.2) is 0 Å². The molecule has 1 aliphatic heterocycles. The van der Waals surface area contributed by atoms with Crippen LogP contribution in [0.2, 0.25) is 0 Å². The molecular formula is C24H28N4O2. The summed E-state index contributed by atoms with van der Waals surface area (Å²) >= 11 is 0. The summed E-state index contributed by atoms with van der Waals surface area (Å²) in [6.45, 7) is 6.54. The van der Waals surface area contributed by atoms with Gasteiger partial charge in [0, 0.05) is 51.1 Å². The Morgan fingerprint density at radius 1 is 1.00 bits per heavy atom. The van der Waals surface area contributed by atoms with Crippen molar-refractivity contribution in [3.8, 4) is 11.4 Å². The van der Waals surface area contributed by atoms with Crippen molar-refractivity contribution in [1.29, 1.82) is 0 Å². The fraction of sp³-hybridized carbons (Fsp3) is 0.375. The van der Waals surface area contributed by atoms with Gasteiger partial charge in [0.05, 0.1) is 0 Å². The highest BCUT2D eigenvalue weighted by Crippen LogP contribution is 2.16. The Labute approximate surface area is 177 Å². The highest BCUT2D eigenvalue weighted by Gasteiger charge is 2.21. The van der Waals surface area contributed by atoms with Gasteiger partial charge < -0.3 is 9.42 Å². The van der Waals surface area contributed by atoms with E-state index in [1.54, 1.807) is 0 Å². The molecule has 1 fully saturated rings. The molecule has 0 radical (unpaired) electrons. The second kappa shape index (κ2) is 9.67. The molecule has 3 aromatic rings. The number of carbonyl (C=O) groups is 1. The van der Waals surface area contributed by atoms with E-state index < -0.39 is 0 Å². The van der Waals surface area contributed by atoms with Crippen molar-refractivity contribution in [2.75, 3.05) is 26.2 Å². The maximum Gasteiger partial charge on any atom is 0.226 e. The largest absolute Gasteiger partial charge is 0.340 e. The molecule has 1 aromatic heterocycles. The van der Waals surface area contributed by atoms with E-state index in [4.69, 9.17) is 4.52 Å². The monoisotopic (exact) mass is 404 g/mol. The van der Waals surface area contributed by atoms with Crippen molar-refractivity contribution in [1.82, 2.24) is 19.9 Å². The zero-order valence-corrected chi connectivity index (χ0v) is 17.5. The first-order chi connectivity index (χ1) is 14.7. The van der Waals surface area contributed by atoms with Crippen LogP contribution in [0.25, 0.3) is 11.4 Å². The number of hydrogen-bond donors (Lipinski definition) is 0. The van der Waals surface area contributed by atoms with Crippen molar-refractivity contribution in [2.24, 2.45) is 0 Å². The van der Waals surface area contributed by atoms with Crippen LogP contribution in [0, 0.1) is 6.92 Å². The Morgan fingerprint density at radius 2 is 1.73 bits per heavy atom. The molecule has 2 heterocycles. The number of rotatable bonds is 7. The second-order valence-corrected chi connectivity index (χ2v) is 7.81. The van der Waals surface area contributed by atoms with Crippen molar-refractivity contribution in [3.63, 3.8) is 0 Å². The fourth-order valence-electron chi connectivity index (χ4n) is 3.79. The summed E-state index contributed by atoms with van der Waals surface area (Å²) in [5.41, 5.74) is 3.63. The predicted octanol–water partition coefficient (Wildman–Crippen LogP) is 3.71. The lowest BCUT2D eigenvalue weighted by Gasteiger charge is -2.35. The van der Waals surface area contributed by atoms with Gasteiger partial charge in [-0.15, -0.1) is 0 Å². The van der Waals surface area contributed by atoms with Crippen LogP contribution in [0.3, 0.4) is 0 Å². The topological polar surface area (TPSA) is 62.5 Å². The minimum absolute atomic E-state index is 0.216. The van der Waals surface area contributed by atoms with Crippen LogP contribution in [0.5, 0.6) is 0 Å². The molecule has 0 spiro atoms. The van der Waals surface area contributed by atoms with Gasteiger partial charge in [-0.25, -0.2) is 0 Å².